The molecule has 3 aliphatic rings. The Labute approximate surface area is 173 Å². The van der Waals surface area contributed by atoms with Gasteiger partial charge in [-0.3, -0.25) is 14.5 Å². The number of quaternary nitrogens is 1. The number of nitrogens with zero attached hydrogens (tertiary/aromatic N) is 1. The summed E-state index contributed by atoms with van der Waals surface area (Å²) in [5.41, 5.74) is 0.853. The number of ether oxygens (including phenoxy) is 2. The van der Waals surface area contributed by atoms with Crippen molar-refractivity contribution in [3.8, 4) is 11.5 Å². The number of rotatable bonds is 6. The smallest absolute Gasteiger partial charge is 0.275 e. The molecule has 0 atom stereocenters. The van der Waals surface area contributed by atoms with Gasteiger partial charge in [-0.05, 0) is 23.8 Å². The molecule has 2 N–H and O–H groups in total. The van der Waals surface area contributed by atoms with Crippen molar-refractivity contribution in [1.82, 2.24) is 10.2 Å². The summed E-state index contributed by atoms with van der Waals surface area (Å²) in [4.78, 5) is 28.2. The van der Waals surface area contributed by atoms with Crippen molar-refractivity contribution in [2.45, 2.75) is 12.8 Å². The van der Waals surface area contributed by atoms with E-state index in [1.165, 1.54) is 29.5 Å². The quantitative estimate of drug-likeness (QED) is 0.513. The van der Waals surface area contributed by atoms with E-state index in [-0.39, 0.29) is 18.6 Å². The molecule has 28 heavy (non-hydrogen) atoms. The second kappa shape index (κ2) is 8.50. The van der Waals surface area contributed by atoms with Crippen LogP contribution in [0, 0.1) is 0 Å². The van der Waals surface area contributed by atoms with Gasteiger partial charge >= 0.3 is 0 Å². The molecule has 0 aromatic heterocycles. The Balaban J connectivity index is 1.31. The third-order valence-corrected chi connectivity index (χ3v) is 6.32. The minimum absolute atomic E-state index is 0.0262. The van der Waals surface area contributed by atoms with Crippen molar-refractivity contribution in [3.05, 3.63) is 28.7 Å². The van der Waals surface area contributed by atoms with E-state index in [0.717, 1.165) is 18.7 Å². The highest BCUT2D eigenvalue weighted by Gasteiger charge is 2.32. The summed E-state index contributed by atoms with van der Waals surface area (Å²) in [6, 6.07) is 5.55. The third kappa shape index (κ3) is 4.31. The van der Waals surface area contributed by atoms with E-state index in [4.69, 9.17) is 21.7 Å². The highest BCUT2D eigenvalue weighted by Crippen LogP contribution is 2.36. The molecule has 3 aliphatic heterocycles. The molecule has 7 nitrogen and oxygen atoms in total. The normalized spacial score (nSPS) is 20.4. The Kier molecular flexibility index (Phi) is 5.84. The third-order valence-electron chi connectivity index (χ3n) is 4.95. The molecule has 148 valence electrons. The fourth-order valence-electron chi connectivity index (χ4n) is 3.50. The molecule has 3 heterocycles. The van der Waals surface area contributed by atoms with Crippen LogP contribution in [-0.4, -0.2) is 60.6 Å². The Hall–Kier alpha value is -2.10. The van der Waals surface area contributed by atoms with E-state index in [0.29, 0.717) is 40.4 Å². The number of thiocarbonyl (C=S) groups is 1. The maximum absolute atomic E-state index is 12.7. The number of thioether (sulfide) groups is 1. The van der Waals surface area contributed by atoms with Crippen LogP contribution in [-0.2, 0) is 9.59 Å². The minimum atomic E-state index is -0.132. The van der Waals surface area contributed by atoms with Crippen molar-refractivity contribution < 1.29 is 24.0 Å². The summed E-state index contributed by atoms with van der Waals surface area (Å²) in [7, 11) is 0. The van der Waals surface area contributed by atoms with Crippen LogP contribution >= 0.6 is 24.0 Å². The predicted molar refractivity (Wildman–Crippen MR) is 110 cm³/mol. The standard InChI is InChI=1S/C19H21N3O4S2/c23-17(11-21-6-1-2-7-21)20-5-8-22-18(24)16(28-19(22)27)10-13-3-4-14-15(9-13)26-12-25-14/h3-4,9-10H,1-2,5-8,11-12H2,(H,20,23)/p+1/b16-10+. The second-order valence-corrected chi connectivity index (χ2v) is 8.61. The van der Waals surface area contributed by atoms with Crippen LogP contribution in [0.3, 0.4) is 0 Å². The number of hydrogen-bond donors (Lipinski definition) is 2. The van der Waals surface area contributed by atoms with E-state index in [9.17, 15) is 9.59 Å². The summed E-state index contributed by atoms with van der Waals surface area (Å²) in [5.74, 6) is 1.27. The van der Waals surface area contributed by atoms with Crippen LogP contribution in [0.5, 0.6) is 11.5 Å². The van der Waals surface area contributed by atoms with Crippen molar-refractivity contribution in [3.63, 3.8) is 0 Å². The number of carbonyl (C=O) groups excluding carboxylic acids is 2. The molecule has 0 radical (unpaired) electrons. The first-order valence-corrected chi connectivity index (χ1v) is 10.6. The lowest BCUT2D eigenvalue weighted by atomic mass is 10.2. The van der Waals surface area contributed by atoms with Crippen LogP contribution in [0.2, 0.25) is 0 Å². The maximum atomic E-state index is 12.7. The molecule has 1 aromatic rings. The van der Waals surface area contributed by atoms with E-state index < -0.39 is 0 Å². The summed E-state index contributed by atoms with van der Waals surface area (Å²) >= 11 is 6.63. The zero-order valence-electron chi connectivity index (χ0n) is 15.4. The molecule has 0 unspecified atom stereocenters. The zero-order valence-corrected chi connectivity index (χ0v) is 17.0. The number of nitrogens with one attached hydrogen (secondary N) is 2. The topological polar surface area (TPSA) is 72.3 Å². The van der Waals surface area contributed by atoms with Gasteiger partial charge in [0.2, 0.25) is 6.79 Å². The van der Waals surface area contributed by atoms with Gasteiger partial charge in [0.25, 0.3) is 11.8 Å². The molecular formula is C19H22N3O4S2+. The average molecular weight is 421 g/mol. The first-order chi connectivity index (χ1) is 13.6. The number of carbonyl (C=O) groups is 2. The minimum Gasteiger partial charge on any atom is -0.454 e. The van der Waals surface area contributed by atoms with Crippen molar-refractivity contribution in [2.75, 3.05) is 39.5 Å². The van der Waals surface area contributed by atoms with Crippen LogP contribution in [0.25, 0.3) is 6.08 Å². The highest BCUT2D eigenvalue weighted by molar-refractivity contribution is 8.26. The Bertz CT molecular complexity index is 836. The van der Waals surface area contributed by atoms with Gasteiger partial charge < -0.3 is 19.7 Å². The summed E-state index contributed by atoms with van der Waals surface area (Å²) in [6.07, 6.45) is 4.18. The lowest BCUT2D eigenvalue weighted by Gasteiger charge is -2.16. The van der Waals surface area contributed by atoms with Crippen LogP contribution in [0.1, 0.15) is 18.4 Å². The molecule has 1 aromatic carbocycles. The van der Waals surface area contributed by atoms with Crippen LogP contribution in [0.4, 0.5) is 0 Å². The number of amides is 2. The molecule has 0 spiro atoms. The van der Waals surface area contributed by atoms with E-state index in [1.807, 2.05) is 18.2 Å². The number of fused-ring (bicyclic) bond motifs is 1. The lowest BCUT2D eigenvalue weighted by Crippen LogP contribution is -3.11. The van der Waals surface area contributed by atoms with Crippen LogP contribution < -0.4 is 19.7 Å². The molecule has 2 fully saturated rings. The monoisotopic (exact) mass is 420 g/mol. The van der Waals surface area contributed by atoms with Crippen molar-refractivity contribution in [1.29, 1.82) is 0 Å². The molecule has 2 saturated heterocycles. The van der Waals surface area contributed by atoms with Gasteiger partial charge in [-0.1, -0.05) is 30.0 Å². The first kappa shape index (κ1) is 19.2. The Morgan fingerprint density at radius 3 is 2.89 bits per heavy atom. The Morgan fingerprint density at radius 1 is 1.29 bits per heavy atom. The molecular weight excluding hydrogens is 398 g/mol. The SMILES string of the molecule is O=C(C[NH+]1CCCC1)NCCN1C(=O)/C(=C\c2ccc3c(c2)OCO3)SC1=S. The van der Waals surface area contributed by atoms with Gasteiger partial charge in [0.15, 0.2) is 18.0 Å². The zero-order chi connectivity index (χ0) is 19.5. The number of hydrogen-bond acceptors (Lipinski definition) is 6. The molecule has 2 amide bonds. The fourth-order valence-corrected chi connectivity index (χ4v) is 4.80. The summed E-state index contributed by atoms with van der Waals surface area (Å²) < 4.78 is 11.2. The van der Waals surface area contributed by atoms with Gasteiger partial charge in [0.1, 0.15) is 4.32 Å². The maximum Gasteiger partial charge on any atom is 0.275 e. The molecule has 9 heteroatoms. The Morgan fingerprint density at radius 2 is 2.07 bits per heavy atom. The molecule has 4 rings (SSSR count). The summed E-state index contributed by atoms with van der Waals surface area (Å²) in [5, 5.41) is 2.90. The van der Waals surface area contributed by atoms with Crippen LogP contribution in [0.15, 0.2) is 23.1 Å². The molecule has 0 aliphatic carbocycles. The summed E-state index contributed by atoms with van der Waals surface area (Å²) in [6.45, 7) is 3.62. The van der Waals surface area contributed by atoms with Gasteiger partial charge in [-0.15, -0.1) is 0 Å². The number of likely N-dealkylation sites (tertiary alicyclic amines) is 1. The van der Waals surface area contributed by atoms with Gasteiger partial charge in [-0.25, -0.2) is 0 Å². The van der Waals surface area contributed by atoms with E-state index in [2.05, 4.69) is 5.32 Å². The van der Waals surface area contributed by atoms with E-state index in [1.54, 1.807) is 11.0 Å². The van der Waals surface area contributed by atoms with Gasteiger partial charge in [0, 0.05) is 25.9 Å². The number of benzene rings is 1. The van der Waals surface area contributed by atoms with Gasteiger partial charge in [0.05, 0.1) is 18.0 Å². The fraction of sp³-hybridized carbons (Fsp3) is 0.421. The first-order valence-electron chi connectivity index (χ1n) is 9.35. The molecule has 0 saturated carbocycles. The van der Waals surface area contributed by atoms with Crippen molar-refractivity contribution >= 4 is 46.2 Å². The second-order valence-electron chi connectivity index (χ2n) is 6.93. The predicted octanol–water partition coefficient (Wildman–Crippen LogP) is 0.411. The highest BCUT2D eigenvalue weighted by atomic mass is 32.2. The van der Waals surface area contributed by atoms with Crippen molar-refractivity contribution in [2.24, 2.45) is 0 Å². The average Bonchev–Trinajstić information content (AvgIpc) is 3.39. The lowest BCUT2D eigenvalue weighted by molar-refractivity contribution is -0.879. The van der Waals surface area contributed by atoms with Gasteiger partial charge in [-0.2, -0.15) is 0 Å². The van der Waals surface area contributed by atoms with E-state index >= 15 is 0 Å². The largest absolute Gasteiger partial charge is 0.454 e. The molecule has 0 bridgehead atoms.